The molecule has 7 rings (SSSR count). The number of amides is 1. The number of nitrogens with zero attached hydrogens (tertiary/aromatic N) is 8. The summed E-state index contributed by atoms with van der Waals surface area (Å²) in [5, 5.41) is 59.6. The van der Waals surface area contributed by atoms with E-state index >= 15 is 0 Å². The zero-order chi connectivity index (χ0) is 35.1. The third-order valence-electron chi connectivity index (χ3n) is 8.86. The first-order valence-electron chi connectivity index (χ1n) is 14.8. The van der Waals surface area contributed by atoms with Crippen molar-refractivity contribution in [1.29, 1.82) is 5.26 Å². The average molecular weight is 685 g/mol. The monoisotopic (exact) mass is 684 g/mol. The van der Waals surface area contributed by atoms with E-state index in [9.17, 15) is 48.4 Å². The van der Waals surface area contributed by atoms with Crippen molar-refractivity contribution in [2.75, 3.05) is 12.4 Å². The Morgan fingerprint density at radius 2 is 1.86 bits per heavy atom. The molecule has 20 heteroatoms. The smallest absolute Gasteiger partial charge is 0.453 e. The summed E-state index contributed by atoms with van der Waals surface area (Å²) >= 11 is 0. The Morgan fingerprint density at radius 1 is 1.10 bits per heavy atom. The molecule has 5 aromatic heterocycles. The first-order chi connectivity index (χ1) is 23.1. The average Bonchev–Trinajstić information content (AvgIpc) is 3.33. The second kappa shape index (κ2) is 10.8. The molecule has 0 radical (unpaired) electrons. The summed E-state index contributed by atoms with van der Waals surface area (Å²) in [6.45, 7) is 0. The summed E-state index contributed by atoms with van der Waals surface area (Å²) in [6, 6.07) is 6.06. The van der Waals surface area contributed by atoms with Gasteiger partial charge < -0.3 is 35.0 Å². The van der Waals surface area contributed by atoms with E-state index in [0.29, 0.717) is 28.5 Å². The predicted octanol–water partition coefficient (Wildman–Crippen LogP) is 1.96. The van der Waals surface area contributed by atoms with Gasteiger partial charge in [0.15, 0.2) is 0 Å². The van der Waals surface area contributed by atoms with Gasteiger partial charge in [0.1, 0.15) is 22.9 Å². The van der Waals surface area contributed by atoms with Crippen LogP contribution in [-0.4, -0.2) is 72.8 Å². The number of hydrogen-bond donors (Lipinski definition) is 6. The minimum absolute atomic E-state index is 0.0193. The summed E-state index contributed by atoms with van der Waals surface area (Å²) in [5.41, 5.74) is -2.61. The van der Waals surface area contributed by atoms with Crippen molar-refractivity contribution in [2.24, 2.45) is 0 Å². The van der Waals surface area contributed by atoms with Crippen LogP contribution >= 0.6 is 0 Å². The van der Waals surface area contributed by atoms with Crippen LogP contribution in [0.2, 0.25) is 0 Å². The summed E-state index contributed by atoms with van der Waals surface area (Å²) in [7, 11) is 1.12. The highest BCUT2D eigenvalue weighted by Gasteiger charge is 2.46. The molecular formula is C29H27F3N10O7. The van der Waals surface area contributed by atoms with Crippen LogP contribution in [0, 0.1) is 11.3 Å². The number of anilines is 2. The number of rotatable bonds is 7. The number of aromatic nitrogens is 7. The highest BCUT2D eigenvalue weighted by Crippen LogP contribution is 2.47. The number of alkyl halides is 3. The van der Waals surface area contributed by atoms with Crippen LogP contribution in [0.3, 0.4) is 0 Å². The molecule has 0 saturated heterocycles. The number of halogens is 3. The number of alkyl carbamates (subject to hydrolysis) is 1. The molecule has 49 heavy (non-hydrogen) atoms. The number of imidazole rings is 1. The van der Waals surface area contributed by atoms with Gasteiger partial charge in [-0.1, -0.05) is 0 Å². The molecule has 0 aliphatic heterocycles. The van der Waals surface area contributed by atoms with Gasteiger partial charge in [0.25, 0.3) is 0 Å². The van der Waals surface area contributed by atoms with Gasteiger partial charge in [-0.3, -0.25) is 9.88 Å². The Kier molecular flexibility index (Phi) is 7.04. The molecule has 2 aliphatic carbocycles. The van der Waals surface area contributed by atoms with Gasteiger partial charge in [-0.25, -0.2) is 24.1 Å². The molecule has 5 aromatic rings. The van der Waals surface area contributed by atoms with E-state index in [0.717, 1.165) is 30.3 Å². The first-order valence-corrected chi connectivity index (χ1v) is 14.8. The highest BCUT2D eigenvalue weighted by atomic mass is 19.4. The lowest BCUT2D eigenvalue weighted by Gasteiger charge is -2.23. The van der Waals surface area contributed by atoms with E-state index in [1.165, 1.54) is 6.07 Å². The normalized spacial score (nSPS) is 20.4. The molecule has 5 heterocycles. The fourth-order valence-electron chi connectivity index (χ4n) is 6.40. The molecule has 2 saturated carbocycles. The van der Waals surface area contributed by atoms with Crippen LogP contribution < -0.4 is 16.3 Å². The maximum Gasteiger partial charge on any atom is 0.504 e. The van der Waals surface area contributed by atoms with Crippen LogP contribution in [0.5, 0.6) is 0 Å². The van der Waals surface area contributed by atoms with E-state index in [1.807, 2.05) is 0 Å². The third kappa shape index (κ3) is 5.41. The molecule has 6 N–H and O–H groups in total. The van der Waals surface area contributed by atoms with Crippen molar-refractivity contribution in [2.45, 2.75) is 61.8 Å². The Balaban J connectivity index is 1.29. The van der Waals surface area contributed by atoms with Crippen molar-refractivity contribution in [3.05, 3.63) is 53.5 Å². The number of fused-ring (bicyclic) bond motifs is 2. The molecule has 2 fully saturated rings. The number of nitrogens with one attached hydrogen (secondary N) is 2. The largest absolute Gasteiger partial charge is 0.504 e. The Morgan fingerprint density at radius 3 is 2.49 bits per heavy atom. The zero-order valence-corrected chi connectivity index (χ0v) is 25.4. The molecule has 0 bridgehead atoms. The maximum atomic E-state index is 13.5. The van der Waals surface area contributed by atoms with Crippen LogP contribution in [0.15, 0.2) is 47.8 Å². The lowest BCUT2D eigenvalue weighted by atomic mass is 10.1. The van der Waals surface area contributed by atoms with E-state index in [4.69, 9.17) is 0 Å². The number of nitriles is 1. The number of methoxy groups -OCH3 is 1. The molecule has 2 unspecified atom stereocenters. The van der Waals surface area contributed by atoms with Gasteiger partial charge in [-0.05, 0) is 37.8 Å². The molecule has 17 nitrogen and oxygen atoms in total. The quantitative estimate of drug-likeness (QED) is 0.135. The number of carbonyl (C=O) groups excluding carboxylic acids is 1. The van der Waals surface area contributed by atoms with Crippen molar-refractivity contribution in [3.63, 3.8) is 0 Å². The fraction of sp³-hybridized carbons (Fsp3) is 0.379. The standard InChI is InChI=1S/C29H27F3N10O7/c1-49-24(43)38-27(45)5-4-16(9-27)41-19-8-22(34-11-20(19)42(25(41)44)29(46,47)48)36-21-3-2-18-23(37-21)17(13-39(18)26(14-33)6-7-26)15-10-35-40(12-15)28(30,31)32/h2-3,8,10-13,16,45-48H,4-7,9H2,1H3,(H,38,43)(H,34,36,37). The Hall–Kier alpha value is -5.49. The summed E-state index contributed by atoms with van der Waals surface area (Å²) in [5.74, 6) is 0.266. The van der Waals surface area contributed by atoms with Crippen molar-refractivity contribution >= 4 is 39.8 Å². The van der Waals surface area contributed by atoms with Gasteiger partial charge >= 0.3 is 24.2 Å². The SMILES string of the molecule is COC(=O)NC1(O)CCC(n2c(=O)n(C(O)(O)O)c3cnc(Nc4ccc5c(n4)c(-c4cnn(C(F)(F)F)c4)cn5C4(C#N)CC4)cc32)C1. The van der Waals surface area contributed by atoms with Gasteiger partial charge in [0, 0.05) is 42.0 Å². The fourth-order valence-corrected chi connectivity index (χ4v) is 6.40. The molecule has 0 spiro atoms. The van der Waals surface area contributed by atoms with E-state index < -0.39 is 41.5 Å². The van der Waals surface area contributed by atoms with Crippen LogP contribution in [0.25, 0.3) is 33.2 Å². The number of hydrogen-bond acceptors (Lipinski definition) is 12. The third-order valence-corrected chi connectivity index (χ3v) is 8.86. The highest BCUT2D eigenvalue weighted by molar-refractivity contribution is 5.94. The number of pyridine rings is 2. The summed E-state index contributed by atoms with van der Waals surface area (Å²) in [4.78, 5) is 34.1. The van der Waals surface area contributed by atoms with Gasteiger partial charge in [-0.2, -0.15) is 15.0 Å². The van der Waals surface area contributed by atoms with Crippen LogP contribution in [0.4, 0.5) is 29.6 Å². The Labute approximate surface area is 272 Å². The topological polar surface area (TPSA) is 231 Å². The molecule has 2 atom stereocenters. The van der Waals surface area contributed by atoms with Crippen molar-refractivity contribution < 1.29 is 43.1 Å². The second-order valence-electron chi connectivity index (χ2n) is 12.1. The van der Waals surface area contributed by atoms with Gasteiger partial charge in [0.2, 0.25) is 0 Å². The lowest BCUT2D eigenvalue weighted by molar-refractivity contribution is -0.374. The van der Waals surface area contributed by atoms with E-state index in [2.05, 4.69) is 36.5 Å². The minimum atomic E-state index is -4.75. The number of aliphatic hydroxyl groups is 4. The maximum absolute atomic E-state index is 13.5. The second-order valence-corrected chi connectivity index (χ2v) is 12.1. The minimum Gasteiger partial charge on any atom is -0.453 e. The molecule has 1 amide bonds. The molecule has 2 aliphatic rings. The summed E-state index contributed by atoms with van der Waals surface area (Å²) in [6.07, 6.45) is -3.62. The zero-order valence-electron chi connectivity index (χ0n) is 25.4. The van der Waals surface area contributed by atoms with Crippen molar-refractivity contribution in [1.82, 2.24) is 38.8 Å². The first kappa shape index (κ1) is 32.1. The van der Waals surface area contributed by atoms with Gasteiger partial charge in [0.05, 0.1) is 47.6 Å². The summed E-state index contributed by atoms with van der Waals surface area (Å²) < 4.78 is 47.6. The lowest BCUT2D eigenvalue weighted by Crippen LogP contribution is -2.47. The molecule has 0 aromatic carbocycles. The van der Waals surface area contributed by atoms with Crippen LogP contribution in [-0.2, 0) is 22.7 Å². The van der Waals surface area contributed by atoms with E-state index in [-0.39, 0.29) is 57.7 Å². The molecular weight excluding hydrogens is 657 g/mol. The number of carbonyl (C=O) groups is 1. The van der Waals surface area contributed by atoms with Gasteiger partial charge in [-0.15, -0.1) is 13.2 Å². The molecule has 256 valence electrons. The Bertz CT molecular complexity index is 2240. The number of ether oxygens (including phenoxy) is 1. The van der Waals surface area contributed by atoms with Crippen LogP contribution in [0.1, 0.15) is 38.1 Å². The van der Waals surface area contributed by atoms with E-state index in [1.54, 1.807) is 22.9 Å². The predicted molar refractivity (Wildman–Crippen MR) is 160 cm³/mol. The van der Waals surface area contributed by atoms with Crippen molar-refractivity contribution in [3.8, 4) is 17.2 Å².